The van der Waals surface area contributed by atoms with Crippen molar-refractivity contribution in [3.05, 3.63) is 35.4 Å². The molecule has 23 heavy (non-hydrogen) atoms. The van der Waals surface area contributed by atoms with Crippen LogP contribution in [-0.2, 0) is 11.2 Å². The molecule has 1 saturated heterocycles. The SMILES string of the molecule is CCCCc1ccc(C(=O)CCC(=O)NC2CCNC2)cc1.Cl. The number of rotatable bonds is 8. The van der Waals surface area contributed by atoms with Gasteiger partial charge in [-0.05, 0) is 31.4 Å². The van der Waals surface area contributed by atoms with Gasteiger partial charge in [0.25, 0.3) is 0 Å². The molecule has 0 radical (unpaired) electrons. The first-order valence-corrected chi connectivity index (χ1v) is 8.31. The Kier molecular flexibility index (Phi) is 8.89. The highest BCUT2D eigenvalue weighted by atomic mass is 35.5. The quantitative estimate of drug-likeness (QED) is 0.716. The molecule has 4 nitrogen and oxygen atoms in total. The third-order valence-corrected chi connectivity index (χ3v) is 4.10. The zero-order valence-corrected chi connectivity index (χ0v) is 14.6. The van der Waals surface area contributed by atoms with Crippen LogP contribution in [0.4, 0.5) is 0 Å². The first-order valence-electron chi connectivity index (χ1n) is 8.31. The maximum Gasteiger partial charge on any atom is 0.220 e. The predicted octanol–water partition coefficient (Wildman–Crippen LogP) is 2.89. The standard InChI is InChI=1S/C18H26N2O2.ClH/c1-2-3-4-14-5-7-15(8-6-14)17(21)9-10-18(22)20-16-11-12-19-13-16;/h5-8,16,19H,2-4,9-13H2,1H3,(H,20,22);1H. The number of amides is 1. The van der Waals surface area contributed by atoms with Gasteiger partial charge in [-0.2, -0.15) is 0 Å². The van der Waals surface area contributed by atoms with Crippen molar-refractivity contribution in [1.29, 1.82) is 0 Å². The molecule has 1 atom stereocenters. The Morgan fingerprint density at radius 3 is 2.57 bits per heavy atom. The second-order valence-corrected chi connectivity index (χ2v) is 5.98. The van der Waals surface area contributed by atoms with Crippen LogP contribution >= 0.6 is 12.4 Å². The number of hydrogen-bond donors (Lipinski definition) is 2. The molecule has 1 aromatic carbocycles. The first-order chi connectivity index (χ1) is 10.7. The molecular formula is C18H27ClN2O2. The summed E-state index contributed by atoms with van der Waals surface area (Å²) in [6, 6.07) is 8.03. The number of hydrogen-bond acceptors (Lipinski definition) is 3. The van der Waals surface area contributed by atoms with Gasteiger partial charge in [-0.15, -0.1) is 12.4 Å². The largest absolute Gasteiger partial charge is 0.352 e. The van der Waals surface area contributed by atoms with Crippen molar-refractivity contribution in [1.82, 2.24) is 10.6 Å². The van der Waals surface area contributed by atoms with E-state index in [0.29, 0.717) is 5.56 Å². The first kappa shape index (κ1) is 19.7. The monoisotopic (exact) mass is 338 g/mol. The average Bonchev–Trinajstić information content (AvgIpc) is 3.04. The maximum absolute atomic E-state index is 12.1. The van der Waals surface area contributed by atoms with Gasteiger partial charge in [-0.25, -0.2) is 0 Å². The Hall–Kier alpha value is -1.39. The van der Waals surface area contributed by atoms with E-state index in [1.54, 1.807) is 0 Å². The van der Waals surface area contributed by atoms with E-state index in [0.717, 1.165) is 25.9 Å². The van der Waals surface area contributed by atoms with Gasteiger partial charge in [0.1, 0.15) is 0 Å². The molecule has 0 aromatic heterocycles. The summed E-state index contributed by atoms with van der Waals surface area (Å²) < 4.78 is 0. The lowest BCUT2D eigenvalue weighted by molar-refractivity contribution is -0.121. The van der Waals surface area contributed by atoms with E-state index < -0.39 is 0 Å². The molecule has 2 N–H and O–H groups in total. The summed E-state index contributed by atoms with van der Waals surface area (Å²) in [5.41, 5.74) is 1.97. The molecule has 128 valence electrons. The molecule has 2 rings (SSSR count). The minimum Gasteiger partial charge on any atom is -0.352 e. The van der Waals surface area contributed by atoms with Crippen molar-refractivity contribution >= 4 is 24.1 Å². The minimum atomic E-state index is -0.0263. The summed E-state index contributed by atoms with van der Waals surface area (Å²) in [6.45, 7) is 3.96. The summed E-state index contributed by atoms with van der Waals surface area (Å²) in [5.74, 6) is 0.0170. The van der Waals surface area contributed by atoms with Crippen LogP contribution in [0.3, 0.4) is 0 Å². The van der Waals surface area contributed by atoms with Crippen LogP contribution in [0.5, 0.6) is 0 Å². The van der Waals surface area contributed by atoms with E-state index in [4.69, 9.17) is 0 Å². The van der Waals surface area contributed by atoms with Gasteiger partial charge in [-0.1, -0.05) is 37.6 Å². The van der Waals surface area contributed by atoms with Crippen molar-refractivity contribution in [3.63, 3.8) is 0 Å². The van der Waals surface area contributed by atoms with Crippen molar-refractivity contribution in [3.8, 4) is 0 Å². The van der Waals surface area contributed by atoms with Crippen LogP contribution in [0.15, 0.2) is 24.3 Å². The molecule has 1 amide bonds. The number of unbranched alkanes of at least 4 members (excludes halogenated alkanes) is 1. The van der Waals surface area contributed by atoms with Crippen molar-refractivity contribution in [2.75, 3.05) is 13.1 Å². The number of Topliss-reactive ketones (excluding diaryl/α,β-unsaturated/α-hetero) is 1. The lowest BCUT2D eigenvalue weighted by Gasteiger charge is -2.10. The van der Waals surface area contributed by atoms with Gasteiger partial charge in [0.05, 0.1) is 0 Å². The Labute approximate surface area is 144 Å². The maximum atomic E-state index is 12.1. The molecule has 5 heteroatoms. The smallest absolute Gasteiger partial charge is 0.220 e. The van der Waals surface area contributed by atoms with Gasteiger partial charge in [0, 0.05) is 31.0 Å². The molecule has 1 heterocycles. The molecule has 1 aliphatic heterocycles. The van der Waals surface area contributed by atoms with Crippen LogP contribution < -0.4 is 10.6 Å². The second kappa shape index (κ2) is 10.4. The van der Waals surface area contributed by atoms with Crippen LogP contribution in [-0.4, -0.2) is 30.8 Å². The van der Waals surface area contributed by atoms with Crippen molar-refractivity contribution < 1.29 is 9.59 Å². The van der Waals surface area contributed by atoms with E-state index in [1.165, 1.54) is 18.4 Å². The van der Waals surface area contributed by atoms with Gasteiger partial charge >= 0.3 is 0 Å². The normalized spacial score (nSPS) is 16.7. The number of ketones is 1. The zero-order chi connectivity index (χ0) is 15.8. The van der Waals surface area contributed by atoms with Gasteiger partial charge in [-0.3, -0.25) is 9.59 Å². The molecule has 0 saturated carbocycles. The van der Waals surface area contributed by atoms with E-state index in [9.17, 15) is 9.59 Å². The van der Waals surface area contributed by atoms with Gasteiger partial charge in [0.15, 0.2) is 5.78 Å². The minimum absolute atomic E-state index is 0. The van der Waals surface area contributed by atoms with Crippen LogP contribution in [0.25, 0.3) is 0 Å². The summed E-state index contributed by atoms with van der Waals surface area (Å²) in [5, 5.41) is 6.17. The second-order valence-electron chi connectivity index (χ2n) is 5.98. The Morgan fingerprint density at radius 1 is 1.22 bits per heavy atom. The summed E-state index contributed by atoms with van der Waals surface area (Å²) in [4.78, 5) is 23.9. The molecule has 1 aromatic rings. The summed E-state index contributed by atoms with van der Waals surface area (Å²) in [6.07, 6.45) is 4.92. The molecule has 1 fully saturated rings. The third kappa shape index (κ3) is 6.71. The summed E-state index contributed by atoms with van der Waals surface area (Å²) in [7, 11) is 0. The fourth-order valence-electron chi connectivity index (χ4n) is 2.69. The molecular weight excluding hydrogens is 312 g/mol. The highest BCUT2D eigenvalue weighted by Gasteiger charge is 2.17. The van der Waals surface area contributed by atoms with Crippen LogP contribution in [0.1, 0.15) is 54.9 Å². The van der Waals surface area contributed by atoms with E-state index in [-0.39, 0.29) is 43.0 Å². The van der Waals surface area contributed by atoms with E-state index >= 15 is 0 Å². The van der Waals surface area contributed by atoms with Crippen LogP contribution in [0.2, 0.25) is 0 Å². The summed E-state index contributed by atoms with van der Waals surface area (Å²) >= 11 is 0. The molecule has 0 bridgehead atoms. The lowest BCUT2D eigenvalue weighted by atomic mass is 10.0. The fraction of sp³-hybridized carbons (Fsp3) is 0.556. The number of carbonyl (C=O) groups is 2. The Bertz CT molecular complexity index is 496. The molecule has 0 spiro atoms. The topological polar surface area (TPSA) is 58.2 Å². The number of aryl methyl sites for hydroxylation is 1. The predicted molar refractivity (Wildman–Crippen MR) is 95.3 cm³/mol. The number of nitrogens with one attached hydrogen (secondary N) is 2. The van der Waals surface area contributed by atoms with Crippen molar-refractivity contribution in [2.45, 2.75) is 51.5 Å². The highest BCUT2D eigenvalue weighted by molar-refractivity contribution is 5.98. The lowest BCUT2D eigenvalue weighted by Crippen LogP contribution is -2.36. The number of halogens is 1. The number of carbonyl (C=O) groups excluding carboxylic acids is 2. The van der Waals surface area contributed by atoms with Gasteiger partial charge < -0.3 is 10.6 Å². The van der Waals surface area contributed by atoms with E-state index in [1.807, 2.05) is 24.3 Å². The fourth-order valence-corrected chi connectivity index (χ4v) is 2.69. The van der Waals surface area contributed by atoms with E-state index in [2.05, 4.69) is 17.6 Å². The zero-order valence-electron chi connectivity index (χ0n) is 13.8. The number of benzene rings is 1. The molecule has 1 aliphatic rings. The van der Waals surface area contributed by atoms with Crippen molar-refractivity contribution in [2.24, 2.45) is 0 Å². The third-order valence-electron chi connectivity index (χ3n) is 4.10. The Morgan fingerprint density at radius 2 is 1.96 bits per heavy atom. The Balaban J connectivity index is 0.00000264. The van der Waals surface area contributed by atoms with Gasteiger partial charge in [0.2, 0.25) is 5.91 Å². The van der Waals surface area contributed by atoms with Crippen LogP contribution in [0, 0.1) is 0 Å². The molecule has 1 unspecified atom stereocenters. The molecule has 0 aliphatic carbocycles. The average molecular weight is 339 g/mol. The highest BCUT2D eigenvalue weighted by Crippen LogP contribution is 2.11.